The van der Waals surface area contributed by atoms with Crippen LogP contribution in [0.2, 0.25) is 5.02 Å². The summed E-state index contributed by atoms with van der Waals surface area (Å²) in [5.41, 5.74) is 2.22. The van der Waals surface area contributed by atoms with E-state index in [0.717, 1.165) is 23.6 Å². The molecule has 1 atom stereocenters. The van der Waals surface area contributed by atoms with E-state index in [1.165, 1.54) is 0 Å². The van der Waals surface area contributed by atoms with Gasteiger partial charge in [-0.25, -0.2) is 4.68 Å². The summed E-state index contributed by atoms with van der Waals surface area (Å²) in [6.07, 6.45) is 3.44. The molecule has 0 spiro atoms. The number of amides is 1. The lowest BCUT2D eigenvalue weighted by atomic mass is 10.2. The standard InChI is InChI=1S/C19H22ClN5O2/c1-4-25-17(7-9-21-25)14(3)22-19(26)16-8-10-24(23-16)12-27-18-6-5-15(20)11-13(18)2/h5-11,14H,4,12H2,1-3H3,(H,22,26). The molecule has 0 aliphatic heterocycles. The molecule has 0 aliphatic carbocycles. The Morgan fingerprint density at radius 1 is 1.33 bits per heavy atom. The highest BCUT2D eigenvalue weighted by atomic mass is 35.5. The van der Waals surface area contributed by atoms with E-state index >= 15 is 0 Å². The summed E-state index contributed by atoms with van der Waals surface area (Å²) >= 11 is 5.95. The zero-order valence-electron chi connectivity index (χ0n) is 15.5. The molecule has 0 fully saturated rings. The molecule has 2 aromatic heterocycles. The molecule has 1 aromatic carbocycles. The molecule has 1 unspecified atom stereocenters. The Morgan fingerprint density at radius 2 is 2.15 bits per heavy atom. The van der Waals surface area contributed by atoms with Crippen LogP contribution in [0.15, 0.2) is 42.7 Å². The van der Waals surface area contributed by atoms with Crippen molar-refractivity contribution < 1.29 is 9.53 Å². The molecule has 1 amide bonds. The van der Waals surface area contributed by atoms with Crippen LogP contribution in [0.5, 0.6) is 5.75 Å². The highest BCUT2D eigenvalue weighted by molar-refractivity contribution is 6.30. The van der Waals surface area contributed by atoms with E-state index in [-0.39, 0.29) is 18.7 Å². The molecule has 27 heavy (non-hydrogen) atoms. The first-order valence-electron chi connectivity index (χ1n) is 8.73. The van der Waals surface area contributed by atoms with Gasteiger partial charge in [0.05, 0.1) is 11.7 Å². The molecule has 0 bridgehead atoms. The number of carbonyl (C=O) groups excluding carboxylic acids is 1. The number of carbonyl (C=O) groups is 1. The van der Waals surface area contributed by atoms with Crippen molar-refractivity contribution in [2.45, 2.75) is 40.1 Å². The second kappa shape index (κ2) is 8.26. The van der Waals surface area contributed by atoms with Crippen LogP contribution in [0, 0.1) is 6.92 Å². The quantitative estimate of drug-likeness (QED) is 0.672. The first-order chi connectivity index (χ1) is 13.0. The summed E-state index contributed by atoms with van der Waals surface area (Å²) in [6.45, 7) is 6.80. The fourth-order valence-corrected chi connectivity index (χ4v) is 3.01. The van der Waals surface area contributed by atoms with Crippen LogP contribution in [0.25, 0.3) is 0 Å². The van der Waals surface area contributed by atoms with Gasteiger partial charge in [0.15, 0.2) is 6.73 Å². The lowest BCUT2D eigenvalue weighted by molar-refractivity contribution is 0.0931. The van der Waals surface area contributed by atoms with Crippen LogP contribution < -0.4 is 10.1 Å². The second-order valence-corrected chi connectivity index (χ2v) is 6.63. The third-order valence-electron chi connectivity index (χ3n) is 4.20. The van der Waals surface area contributed by atoms with Gasteiger partial charge >= 0.3 is 0 Å². The van der Waals surface area contributed by atoms with E-state index in [0.29, 0.717) is 10.7 Å². The maximum Gasteiger partial charge on any atom is 0.272 e. The number of ether oxygens (including phenoxy) is 1. The monoisotopic (exact) mass is 387 g/mol. The fraction of sp³-hybridized carbons (Fsp3) is 0.316. The van der Waals surface area contributed by atoms with Crippen molar-refractivity contribution in [1.29, 1.82) is 0 Å². The van der Waals surface area contributed by atoms with Crippen LogP contribution in [-0.4, -0.2) is 25.5 Å². The number of aryl methyl sites for hydroxylation is 2. The summed E-state index contributed by atoms with van der Waals surface area (Å²) < 4.78 is 9.17. The summed E-state index contributed by atoms with van der Waals surface area (Å²) in [5.74, 6) is 0.482. The first-order valence-corrected chi connectivity index (χ1v) is 9.10. The number of nitrogens with one attached hydrogen (secondary N) is 1. The number of aromatic nitrogens is 4. The van der Waals surface area contributed by atoms with Gasteiger partial charge in [0.2, 0.25) is 0 Å². The highest BCUT2D eigenvalue weighted by Gasteiger charge is 2.16. The lowest BCUT2D eigenvalue weighted by Crippen LogP contribution is -2.28. The SMILES string of the molecule is CCn1nccc1C(C)NC(=O)c1ccn(COc2ccc(Cl)cc2C)n1. The van der Waals surface area contributed by atoms with Crippen molar-refractivity contribution in [2.75, 3.05) is 0 Å². The van der Waals surface area contributed by atoms with Crippen molar-refractivity contribution in [3.63, 3.8) is 0 Å². The fourth-order valence-electron chi connectivity index (χ4n) is 2.78. The Morgan fingerprint density at radius 3 is 2.89 bits per heavy atom. The van der Waals surface area contributed by atoms with E-state index in [2.05, 4.69) is 15.5 Å². The molecule has 0 saturated carbocycles. The first kappa shape index (κ1) is 19.0. The molecule has 0 aliphatic rings. The maximum atomic E-state index is 12.5. The Balaban J connectivity index is 1.60. The molecule has 8 heteroatoms. The second-order valence-electron chi connectivity index (χ2n) is 6.19. The van der Waals surface area contributed by atoms with Gasteiger partial charge in [0.1, 0.15) is 11.4 Å². The number of hydrogen-bond donors (Lipinski definition) is 1. The van der Waals surface area contributed by atoms with Gasteiger partial charge in [-0.3, -0.25) is 9.48 Å². The Kier molecular flexibility index (Phi) is 5.81. The van der Waals surface area contributed by atoms with Gasteiger partial charge in [-0.2, -0.15) is 10.2 Å². The van der Waals surface area contributed by atoms with Gasteiger partial charge < -0.3 is 10.1 Å². The topological polar surface area (TPSA) is 74.0 Å². The molecule has 142 valence electrons. The number of hydrogen-bond acceptors (Lipinski definition) is 4. The number of halogens is 1. The molecule has 0 radical (unpaired) electrons. The summed E-state index contributed by atoms with van der Waals surface area (Å²) in [7, 11) is 0. The third kappa shape index (κ3) is 4.49. The van der Waals surface area contributed by atoms with Crippen LogP contribution >= 0.6 is 11.6 Å². The highest BCUT2D eigenvalue weighted by Crippen LogP contribution is 2.22. The minimum atomic E-state index is -0.243. The predicted molar refractivity (Wildman–Crippen MR) is 103 cm³/mol. The maximum absolute atomic E-state index is 12.5. The zero-order valence-corrected chi connectivity index (χ0v) is 16.3. The Hall–Kier alpha value is -2.80. The van der Waals surface area contributed by atoms with Crippen molar-refractivity contribution in [2.24, 2.45) is 0 Å². The molecule has 7 nitrogen and oxygen atoms in total. The summed E-state index contributed by atoms with van der Waals surface area (Å²) in [4.78, 5) is 12.5. The molecule has 0 saturated heterocycles. The average molecular weight is 388 g/mol. The van der Waals surface area contributed by atoms with Crippen LogP contribution in [0.4, 0.5) is 0 Å². The van der Waals surface area contributed by atoms with Crippen LogP contribution in [0.3, 0.4) is 0 Å². The zero-order chi connectivity index (χ0) is 19.4. The Labute approximate surface area is 162 Å². The molecule has 3 rings (SSSR count). The van der Waals surface area contributed by atoms with E-state index in [1.807, 2.05) is 43.7 Å². The van der Waals surface area contributed by atoms with Gasteiger partial charge in [-0.05, 0) is 56.7 Å². The van der Waals surface area contributed by atoms with Crippen molar-refractivity contribution in [1.82, 2.24) is 24.9 Å². The molecule has 1 N–H and O–H groups in total. The van der Waals surface area contributed by atoms with Crippen LogP contribution in [0.1, 0.15) is 41.6 Å². The smallest absolute Gasteiger partial charge is 0.272 e. The molecule has 3 aromatic rings. The van der Waals surface area contributed by atoms with Crippen molar-refractivity contribution in [3.05, 3.63) is 64.7 Å². The van der Waals surface area contributed by atoms with Gasteiger partial charge in [-0.15, -0.1) is 0 Å². The largest absolute Gasteiger partial charge is 0.471 e. The average Bonchev–Trinajstić information content (AvgIpc) is 3.30. The van der Waals surface area contributed by atoms with E-state index in [9.17, 15) is 4.79 Å². The molecule has 2 heterocycles. The van der Waals surface area contributed by atoms with Gasteiger partial charge in [0, 0.05) is 24.0 Å². The normalized spacial score (nSPS) is 12.0. The molecular weight excluding hydrogens is 366 g/mol. The van der Waals surface area contributed by atoms with E-state index < -0.39 is 0 Å². The van der Waals surface area contributed by atoms with Crippen LogP contribution in [-0.2, 0) is 13.3 Å². The Bertz CT molecular complexity index is 934. The van der Waals surface area contributed by atoms with E-state index in [1.54, 1.807) is 29.2 Å². The number of rotatable bonds is 7. The van der Waals surface area contributed by atoms with E-state index in [4.69, 9.17) is 16.3 Å². The van der Waals surface area contributed by atoms with Crippen molar-refractivity contribution >= 4 is 17.5 Å². The minimum absolute atomic E-state index is 0.168. The predicted octanol–water partition coefficient (Wildman–Crippen LogP) is 3.59. The lowest BCUT2D eigenvalue weighted by Gasteiger charge is -2.14. The summed E-state index contributed by atoms with van der Waals surface area (Å²) in [5, 5.41) is 12.1. The number of nitrogens with zero attached hydrogens (tertiary/aromatic N) is 4. The van der Waals surface area contributed by atoms with Gasteiger partial charge in [-0.1, -0.05) is 11.6 Å². The van der Waals surface area contributed by atoms with Gasteiger partial charge in [0.25, 0.3) is 5.91 Å². The summed E-state index contributed by atoms with van der Waals surface area (Å²) in [6, 6.07) is 8.81. The third-order valence-corrected chi connectivity index (χ3v) is 4.44. The number of benzene rings is 1. The van der Waals surface area contributed by atoms with Crippen molar-refractivity contribution in [3.8, 4) is 5.75 Å². The minimum Gasteiger partial charge on any atom is -0.471 e. The molecular formula is C19H22ClN5O2.